The molecular weight excluding hydrogens is 285 g/mol. The maximum atomic E-state index is 12.1. The van der Waals surface area contributed by atoms with Crippen LogP contribution in [0.1, 0.15) is 5.56 Å². The van der Waals surface area contributed by atoms with Crippen LogP contribution in [0.3, 0.4) is 0 Å². The van der Waals surface area contributed by atoms with E-state index in [4.69, 9.17) is 5.73 Å². The van der Waals surface area contributed by atoms with E-state index in [1.165, 1.54) is 12.1 Å². The van der Waals surface area contributed by atoms with Gasteiger partial charge >= 0.3 is 6.18 Å². The molecule has 0 bridgehead atoms. The highest BCUT2D eigenvalue weighted by Crippen LogP contribution is 2.27. The molecule has 1 amide bonds. The van der Waals surface area contributed by atoms with E-state index in [0.29, 0.717) is 0 Å². The molecule has 0 unspecified atom stereocenters. The predicted molar refractivity (Wildman–Crippen MR) is 67.7 cm³/mol. The van der Waals surface area contributed by atoms with Gasteiger partial charge in [0.15, 0.2) is 6.61 Å². The molecule has 19 heavy (non-hydrogen) atoms. The molecule has 1 aromatic carbocycles. The molecule has 8 heteroatoms. The van der Waals surface area contributed by atoms with E-state index in [-0.39, 0.29) is 30.4 Å². The molecule has 0 atom stereocenters. The molecule has 0 aliphatic heterocycles. The van der Waals surface area contributed by atoms with Crippen LogP contribution < -0.4 is 15.8 Å². The van der Waals surface area contributed by atoms with E-state index in [1.54, 1.807) is 13.0 Å². The van der Waals surface area contributed by atoms with Crippen molar-refractivity contribution in [2.75, 3.05) is 18.5 Å². The standard InChI is InChI=1S/C11H13F3N2O2.ClH/c1-7-2-3-8(16-10(17)5-15)9(4-7)18-6-11(12,13)14;/h2-4H,5-6,15H2,1H3,(H,16,17);1H. The van der Waals surface area contributed by atoms with Crippen molar-refractivity contribution in [3.8, 4) is 5.75 Å². The average Bonchev–Trinajstić information content (AvgIpc) is 2.28. The summed E-state index contributed by atoms with van der Waals surface area (Å²) in [5, 5.41) is 2.37. The second kappa shape index (κ2) is 7.20. The quantitative estimate of drug-likeness (QED) is 0.896. The minimum atomic E-state index is -4.43. The number of rotatable bonds is 4. The summed E-state index contributed by atoms with van der Waals surface area (Å²) in [5.41, 5.74) is 6.00. The Morgan fingerprint density at radius 1 is 1.42 bits per heavy atom. The van der Waals surface area contributed by atoms with Gasteiger partial charge in [-0.15, -0.1) is 12.4 Å². The highest BCUT2D eigenvalue weighted by Gasteiger charge is 2.28. The summed E-state index contributed by atoms with van der Waals surface area (Å²) in [7, 11) is 0. The van der Waals surface area contributed by atoms with Crippen LogP contribution in [0.2, 0.25) is 0 Å². The van der Waals surface area contributed by atoms with Gasteiger partial charge in [0, 0.05) is 0 Å². The number of halogens is 4. The number of hydrogen-bond donors (Lipinski definition) is 2. The Morgan fingerprint density at radius 3 is 2.58 bits per heavy atom. The van der Waals surface area contributed by atoms with Crippen molar-refractivity contribution in [2.24, 2.45) is 5.73 Å². The van der Waals surface area contributed by atoms with Gasteiger partial charge in [0.1, 0.15) is 5.75 Å². The van der Waals surface area contributed by atoms with Crippen LogP contribution in [0.5, 0.6) is 5.75 Å². The summed E-state index contributed by atoms with van der Waals surface area (Å²) < 4.78 is 40.9. The summed E-state index contributed by atoms with van der Waals surface area (Å²) in [4.78, 5) is 11.1. The molecule has 0 heterocycles. The number of amides is 1. The van der Waals surface area contributed by atoms with Gasteiger partial charge in [-0.25, -0.2) is 0 Å². The molecule has 0 radical (unpaired) electrons. The van der Waals surface area contributed by atoms with E-state index >= 15 is 0 Å². The van der Waals surface area contributed by atoms with E-state index in [2.05, 4.69) is 10.1 Å². The monoisotopic (exact) mass is 298 g/mol. The van der Waals surface area contributed by atoms with Crippen molar-refractivity contribution in [1.29, 1.82) is 0 Å². The lowest BCUT2D eigenvalue weighted by Crippen LogP contribution is -2.23. The summed E-state index contributed by atoms with van der Waals surface area (Å²) in [6.07, 6.45) is -4.43. The number of nitrogens with one attached hydrogen (secondary N) is 1. The largest absolute Gasteiger partial charge is 0.482 e. The Balaban J connectivity index is 0.00000324. The van der Waals surface area contributed by atoms with Crippen molar-refractivity contribution in [3.63, 3.8) is 0 Å². The van der Waals surface area contributed by atoms with E-state index < -0.39 is 18.7 Å². The van der Waals surface area contributed by atoms with E-state index in [9.17, 15) is 18.0 Å². The molecule has 3 N–H and O–H groups in total. The molecule has 108 valence electrons. The molecule has 4 nitrogen and oxygen atoms in total. The lowest BCUT2D eigenvalue weighted by molar-refractivity contribution is -0.153. The predicted octanol–water partition coefficient (Wildman–Crippen LogP) is 2.26. The third-order valence-electron chi connectivity index (χ3n) is 1.99. The summed E-state index contributed by atoms with van der Waals surface area (Å²) in [6.45, 7) is 0.0313. The maximum Gasteiger partial charge on any atom is 0.422 e. The SMILES string of the molecule is Cc1ccc(NC(=O)CN)c(OCC(F)(F)F)c1.Cl. The van der Waals surface area contributed by atoms with Crippen LogP contribution >= 0.6 is 12.4 Å². The molecule has 0 saturated heterocycles. The first-order chi connectivity index (χ1) is 8.31. The van der Waals surface area contributed by atoms with Gasteiger partial charge in [0.2, 0.25) is 5.91 Å². The molecular formula is C11H14ClF3N2O2. The van der Waals surface area contributed by atoms with Crippen molar-refractivity contribution >= 4 is 24.0 Å². The highest BCUT2D eigenvalue weighted by atomic mass is 35.5. The molecule has 0 saturated carbocycles. The van der Waals surface area contributed by atoms with Crippen LogP contribution in [0, 0.1) is 6.92 Å². The third-order valence-corrected chi connectivity index (χ3v) is 1.99. The van der Waals surface area contributed by atoms with Gasteiger partial charge in [-0.3, -0.25) is 4.79 Å². The van der Waals surface area contributed by atoms with Crippen molar-refractivity contribution in [3.05, 3.63) is 23.8 Å². The number of benzene rings is 1. The third kappa shape index (κ3) is 6.30. The molecule has 1 aromatic rings. The second-order valence-electron chi connectivity index (χ2n) is 3.66. The maximum absolute atomic E-state index is 12.1. The lowest BCUT2D eigenvalue weighted by atomic mass is 10.2. The Morgan fingerprint density at radius 2 is 2.05 bits per heavy atom. The summed E-state index contributed by atoms with van der Waals surface area (Å²) >= 11 is 0. The normalized spacial score (nSPS) is 10.6. The number of anilines is 1. The second-order valence-corrected chi connectivity index (χ2v) is 3.66. The number of alkyl halides is 3. The number of hydrogen-bond acceptors (Lipinski definition) is 3. The average molecular weight is 299 g/mol. The molecule has 0 spiro atoms. The van der Waals surface area contributed by atoms with Crippen LogP contribution in [-0.2, 0) is 4.79 Å². The molecule has 1 rings (SSSR count). The summed E-state index contributed by atoms with van der Waals surface area (Å²) in [5.74, 6) is -0.537. The van der Waals surface area contributed by atoms with Gasteiger partial charge in [0.25, 0.3) is 0 Å². The first-order valence-electron chi connectivity index (χ1n) is 5.12. The smallest absolute Gasteiger partial charge is 0.422 e. The zero-order valence-corrected chi connectivity index (χ0v) is 10.9. The van der Waals surface area contributed by atoms with Gasteiger partial charge in [-0.2, -0.15) is 13.2 Å². The molecule has 0 aliphatic carbocycles. The fraction of sp³-hybridized carbons (Fsp3) is 0.364. The van der Waals surface area contributed by atoms with Crippen LogP contribution in [0.4, 0.5) is 18.9 Å². The minimum absolute atomic E-state index is 0. The number of ether oxygens (including phenoxy) is 1. The zero-order valence-electron chi connectivity index (χ0n) is 10.1. The Kier molecular flexibility index (Phi) is 6.64. The topological polar surface area (TPSA) is 64.4 Å². The van der Waals surface area contributed by atoms with Gasteiger partial charge in [-0.05, 0) is 24.6 Å². The van der Waals surface area contributed by atoms with E-state index in [1.807, 2.05) is 0 Å². The van der Waals surface area contributed by atoms with Gasteiger partial charge in [0.05, 0.1) is 12.2 Å². The Labute approximate surface area is 114 Å². The van der Waals surface area contributed by atoms with Gasteiger partial charge in [-0.1, -0.05) is 6.07 Å². The number of carbonyl (C=O) groups is 1. The van der Waals surface area contributed by atoms with Crippen molar-refractivity contribution in [2.45, 2.75) is 13.1 Å². The molecule has 0 aromatic heterocycles. The molecule has 0 fully saturated rings. The van der Waals surface area contributed by atoms with Crippen molar-refractivity contribution in [1.82, 2.24) is 0 Å². The Hall–Kier alpha value is -1.47. The Bertz CT molecular complexity index is 438. The minimum Gasteiger partial charge on any atom is -0.482 e. The molecule has 0 aliphatic rings. The van der Waals surface area contributed by atoms with Crippen LogP contribution in [-0.4, -0.2) is 25.2 Å². The van der Waals surface area contributed by atoms with E-state index in [0.717, 1.165) is 5.56 Å². The first kappa shape index (κ1) is 17.5. The van der Waals surface area contributed by atoms with Crippen LogP contribution in [0.25, 0.3) is 0 Å². The van der Waals surface area contributed by atoms with Crippen molar-refractivity contribution < 1.29 is 22.7 Å². The lowest BCUT2D eigenvalue weighted by Gasteiger charge is -2.14. The number of carbonyl (C=O) groups excluding carboxylic acids is 1. The number of nitrogens with two attached hydrogens (primary N) is 1. The van der Waals surface area contributed by atoms with Crippen LogP contribution in [0.15, 0.2) is 18.2 Å². The zero-order chi connectivity index (χ0) is 13.8. The first-order valence-corrected chi connectivity index (χ1v) is 5.12. The van der Waals surface area contributed by atoms with Gasteiger partial charge < -0.3 is 15.8 Å². The fourth-order valence-corrected chi connectivity index (χ4v) is 1.21. The summed E-state index contributed by atoms with van der Waals surface area (Å²) in [6, 6.07) is 4.53. The highest BCUT2D eigenvalue weighted by molar-refractivity contribution is 5.93. The number of aryl methyl sites for hydroxylation is 1. The fourth-order valence-electron chi connectivity index (χ4n) is 1.21.